The normalized spacial score (nSPS) is 35.6. The van der Waals surface area contributed by atoms with Gasteiger partial charge in [-0.3, -0.25) is 9.69 Å². The van der Waals surface area contributed by atoms with E-state index in [1.165, 1.54) is 12.8 Å². The van der Waals surface area contributed by atoms with Gasteiger partial charge in [-0.15, -0.1) is 0 Å². The highest BCUT2D eigenvalue weighted by Gasteiger charge is 2.43. The molecule has 2 fully saturated rings. The number of rotatable bonds is 5. The van der Waals surface area contributed by atoms with Crippen LogP contribution in [0.15, 0.2) is 0 Å². The molecule has 5 nitrogen and oxygen atoms in total. The second kappa shape index (κ2) is 6.41. The molecule has 116 valence electrons. The fourth-order valence-electron chi connectivity index (χ4n) is 3.89. The number of amides is 1. The number of likely N-dealkylation sites (tertiary alicyclic amines) is 1. The van der Waals surface area contributed by atoms with E-state index in [4.69, 9.17) is 5.73 Å². The second-order valence-electron chi connectivity index (χ2n) is 6.63. The monoisotopic (exact) mass is 282 g/mol. The third-order valence-corrected chi connectivity index (χ3v) is 5.15. The van der Waals surface area contributed by atoms with Gasteiger partial charge in [-0.25, -0.2) is 0 Å². The number of nitrogens with one attached hydrogen (secondary N) is 1. The Labute approximate surface area is 122 Å². The van der Waals surface area contributed by atoms with Crippen LogP contribution in [0.2, 0.25) is 0 Å². The molecule has 0 bridgehead atoms. The topological polar surface area (TPSA) is 61.6 Å². The van der Waals surface area contributed by atoms with Crippen molar-refractivity contribution in [3.05, 3.63) is 0 Å². The van der Waals surface area contributed by atoms with E-state index in [9.17, 15) is 4.79 Å². The second-order valence-corrected chi connectivity index (χ2v) is 6.63. The summed E-state index contributed by atoms with van der Waals surface area (Å²) in [5.74, 6) is -0.174. The Hall–Kier alpha value is -0.650. The third kappa shape index (κ3) is 3.15. The van der Waals surface area contributed by atoms with Crippen molar-refractivity contribution >= 4 is 5.91 Å². The summed E-state index contributed by atoms with van der Waals surface area (Å²) in [5, 5.41) is 3.37. The van der Waals surface area contributed by atoms with E-state index >= 15 is 0 Å². The molecule has 1 aliphatic carbocycles. The van der Waals surface area contributed by atoms with Crippen LogP contribution in [0.25, 0.3) is 0 Å². The van der Waals surface area contributed by atoms with Crippen LogP contribution in [0.4, 0.5) is 0 Å². The minimum absolute atomic E-state index is 0.174. The number of hydrogen-bond donors (Lipinski definition) is 2. The Morgan fingerprint density at radius 3 is 2.75 bits per heavy atom. The molecule has 5 heteroatoms. The van der Waals surface area contributed by atoms with Crippen LogP contribution in [0, 0.1) is 0 Å². The highest BCUT2D eigenvalue weighted by molar-refractivity contribution is 5.84. The Morgan fingerprint density at radius 1 is 1.45 bits per heavy atom. The van der Waals surface area contributed by atoms with Crippen molar-refractivity contribution in [2.24, 2.45) is 5.73 Å². The zero-order valence-corrected chi connectivity index (χ0v) is 13.2. The molecule has 0 radical (unpaired) electrons. The lowest BCUT2D eigenvalue weighted by molar-refractivity contribution is -0.126. The van der Waals surface area contributed by atoms with Gasteiger partial charge in [0.15, 0.2) is 0 Å². The van der Waals surface area contributed by atoms with Gasteiger partial charge >= 0.3 is 0 Å². The quantitative estimate of drug-likeness (QED) is 0.766. The van der Waals surface area contributed by atoms with Gasteiger partial charge < -0.3 is 16.0 Å². The van der Waals surface area contributed by atoms with E-state index in [-0.39, 0.29) is 5.91 Å². The largest absolute Gasteiger partial charge is 0.368 e. The molecule has 1 saturated heterocycles. The van der Waals surface area contributed by atoms with Gasteiger partial charge in [0.25, 0.3) is 0 Å². The van der Waals surface area contributed by atoms with Gasteiger partial charge in [0.2, 0.25) is 5.91 Å². The zero-order chi connectivity index (χ0) is 14.8. The fraction of sp³-hybridized carbons (Fsp3) is 0.933. The van der Waals surface area contributed by atoms with Crippen molar-refractivity contribution in [1.29, 1.82) is 0 Å². The summed E-state index contributed by atoms with van der Waals surface area (Å²) in [6, 6.07) is 1.15. The van der Waals surface area contributed by atoms with Gasteiger partial charge in [-0.05, 0) is 52.7 Å². The molecule has 20 heavy (non-hydrogen) atoms. The molecule has 0 aromatic rings. The van der Waals surface area contributed by atoms with Crippen molar-refractivity contribution in [2.45, 2.75) is 56.7 Å². The van der Waals surface area contributed by atoms with Crippen molar-refractivity contribution in [2.75, 3.05) is 33.7 Å². The summed E-state index contributed by atoms with van der Waals surface area (Å²) >= 11 is 0. The third-order valence-electron chi connectivity index (χ3n) is 5.15. The lowest BCUT2D eigenvalue weighted by Gasteiger charge is -2.42. The summed E-state index contributed by atoms with van der Waals surface area (Å²) < 4.78 is 0. The lowest BCUT2D eigenvalue weighted by atomic mass is 9.77. The first-order valence-electron chi connectivity index (χ1n) is 7.94. The molecule has 3 atom stereocenters. The standard InChI is InChI=1S/C15H30N4O/c1-4-17-15(14(16)20)8-5-6-12(10-15)19-9-7-13(11-19)18(2)3/h12-13,17H,4-11H2,1-3H3,(H2,16,20). The van der Waals surface area contributed by atoms with Crippen LogP contribution in [-0.4, -0.2) is 67.1 Å². The molecule has 0 spiro atoms. The molecule has 0 aromatic carbocycles. The summed E-state index contributed by atoms with van der Waals surface area (Å²) in [6.45, 7) is 5.12. The predicted octanol–water partition coefficient (Wildman–Crippen LogP) is 0.399. The Balaban J connectivity index is 2.01. The molecule has 3 N–H and O–H groups in total. The van der Waals surface area contributed by atoms with Crippen LogP contribution in [0.5, 0.6) is 0 Å². The molecule has 1 saturated carbocycles. The van der Waals surface area contributed by atoms with E-state index < -0.39 is 5.54 Å². The molecular formula is C15H30N4O. The first-order chi connectivity index (χ1) is 9.48. The van der Waals surface area contributed by atoms with Gasteiger partial charge in [0.05, 0.1) is 5.54 Å². The smallest absolute Gasteiger partial charge is 0.237 e. The van der Waals surface area contributed by atoms with Gasteiger partial charge in [-0.1, -0.05) is 6.92 Å². The highest BCUT2D eigenvalue weighted by atomic mass is 16.1. The Kier molecular flexibility index (Phi) is 5.04. The Morgan fingerprint density at radius 2 is 2.20 bits per heavy atom. The maximum atomic E-state index is 11.9. The highest BCUT2D eigenvalue weighted by Crippen LogP contribution is 2.33. The van der Waals surface area contributed by atoms with Gasteiger partial charge in [-0.2, -0.15) is 0 Å². The minimum Gasteiger partial charge on any atom is -0.368 e. The average molecular weight is 282 g/mol. The molecule has 2 rings (SSSR count). The van der Waals surface area contributed by atoms with E-state index in [0.29, 0.717) is 12.1 Å². The molecule has 2 aliphatic rings. The van der Waals surface area contributed by atoms with Crippen molar-refractivity contribution < 1.29 is 4.79 Å². The summed E-state index contributed by atoms with van der Waals surface area (Å²) in [7, 11) is 4.31. The number of nitrogens with zero attached hydrogens (tertiary/aromatic N) is 2. The number of carbonyl (C=O) groups is 1. The van der Waals surface area contributed by atoms with Crippen molar-refractivity contribution in [1.82, 2.24) is 15.1 Å². The zero-order valence-electron chi connectivity index (χ0n) is 13.2. The number of nitrogens with two attached hydrogens (primary N) is 1. The van der Waals surface area contributed by atoms with Crippen LogP contribution in [0.3, 0.4) is 0 Å². The van der Waals surface area contributed by atoms with Crippen molar-refractivity contribution in [3.8, 4) is 0 Å². The molecular weight excluding hydrogens is 252 g/mol. The number of hydrogen-bond acceptors (Lipinski definition) is 4. The maximum absolute atomic E-state index is 11.9. The molecule has 1 heterocycles. The SMILES string of the molecule is CCNC1(C(N)=O)CCCC(N2CCC(N(C)C)C2)C1. The fourth-order valence-corrected chi connectivity index (χ4v) is 3.89. The van der Waals surface area contributed by atoms with Gasteiger partial charge in [0, 0.05) is 25.2 Å². The summed E-state index contributed by atoms with van der Waals surface area (Å²) in [6.07, 6.45) is 5.27. The Bertz CT molecular complexity index is 343. The van der Waals surface area contributed by atoms with E-state index in [0.717, 1.165) is 38.9 Å². The van der Waals surface area contributed by atoms with Crippen LogP contribution >= 0.6 is 0 Å². The summed E-state index contributed by atoms with van der Waals surface area (Å²) in [4.78, 5) is 16.8. The van der Waals surface area contributed by atoms with Gasteiger partial charge in [0.1, 0.15) is 0 Å². The number of likely N-dealkylation sites (N-methyl/N-ethyl adjacent to an activating group) is 2. The molecule has 0 aromatic heterocycles. The predicted molar refractivity (Wildman–Crippen MR) is 81.5 cm³/mol. The van der Waals surface area contributed by atoms with Crippen molar-refractivity contribution in [3.63, 3.8) is 0 Å². The molecule has 3 unspecified atom stereocenters. The summed E-state index contributed by atoms with van der Waals surface area (Å²) in [5.41, 5.74) is 5.22. The van der Waals surface area contributed by atoms with E-state index in [1.807, 2.05) is 6.92 Å². The van der Waals surface area contributed by atoms with E-state index in [2.05, 4.69) is 29.2 Å². The average Bonchev–Trinajstić information content (AvgIpc) is 2.89. The van der Waals surface area contributed by atoms with Crippen LogP contribution in [0.1, 0.15) is 39.0 Å². The lowest BCUT2D eigenvalue weighted by Crippen LogP contribution is -2.60. The van der Waals surface area contributed by atoms with E-state index in [1.54, 1.807) is 0 Å². The molecule has 1 aliphatic heterocycles. The first kappa shape index (κ1) is 15.7. The molecule has 1 amide bonds. The minimum atomic E-state index is -0.478. The maximum Gasteiger partial charge on any atom is 0.237 e. The number of primary amides is 1. The first-order valence-corrected chi connectivity index (χ1v) is 7.94. The number of carbonyl (C=O) groups excluding carboxylic acids is 1. The van der Waals surface area contributed by atoms with Crippen LogP contribution in [-0.2, 0) is 4.79 Å². The van der Waals surface area contributed by atoms with Crippen LogP contribution < -0.4 is 11.1 Å².